The molecule has 1 heterocycles. The van der Waals surface area contributed by atoms with Crippen LogP contribution in [0.4, 0.5) is 5.69 Å². The molecule has 0 aliphatic carbocycles. The zero-order valence-electron chi connectivity index (χ0n) is 10.4. The Kier molecular flexibility index (Phi) is 4.02. The third-order valence-corrected chi connectivity index (χ3v) is 3.03. The summed E-state index contributed by atoms with van der Waals surface area (Å²) in [6.07, 6.45) is 3.41. The number of amides is 1. The van der Waals surface area contributed by atoms with Gasteiger partial charge in [0.2, 0.25) is 0 Å². The molecule has 19 heavy (non-hydrogen) atoms. The van der Waals surface area contributed by atoms with Crippen LogP contribution < -0.4 is 11.1 Å². The summed E-state index contributed by atoms with van der Waals surface area (Å²) in [7, 11) is 0. The monoisotopic (exact) mass is 275 g/mol. The van der Waals surface area contributed by atoms with E-state index in [1.807, 2.05) is 19.1 Å². The first-order valence-corrected chi connectivity index (χ1v) is 6.21. The van der Waals surface area contributed by atoms with Gasteiger partial charge in [-0.15, -0.1) is 0 Å². The van der Waals surface area contributed by atoms with E-state index in [2.05, 4.69) is 10.3 Å². The second-order valence-electron chi connectivity index (χ2n) is 4.21. The molecule has 0 radical (unpaired) electrons. The van der Waals surface area contributed by atoms with Crippen molar-refractivity contribution in [1.29, 1.82) is 0 Å². The lowest BCUT2D eigenvalue weighted by molar-refractivity contribution is 0.0941. The van der Waals surface area contributed by atoms with Gasteiger partial charge >= 0.3 is 0 Å². The van der Waals surface area contributed by atoms with Crippen LogP contribution in [-0.2, 0) is 0 Å². The molecule has 98 valence electrons. The van der Waals surface area contributed by atoms with E-state index < -0.39 is 0 Å². The van der Waals surface area contributed by atoms with Gasteiger partial charge in [-0.05, 0) is 36.8 Å². The number of nitrogens with two attached hydrogens (primary N) is 1. The van der Waals surface area contributed by atoms with E-state index in [-0.39, 0.29) is 11.9 Å². The fourth-order valence-electron chi connectivity index (χ4n) is 1.73. The summed E-state index contributed by atoms with van der Waals surface area (Å²) in [6, 6.07) is 8.41. The maximum absolute atomic E-state index is 12.1. The number of anilines is 1. The van der Waals surface area contributed by atoms with E-state index in [4.69, 9.17) is 17.3 Å². The first-order chi connectivity index (χ1) is 9.08. The lowest BCUT2D eigenvalue weighted by atomic mass is 10.1. The minimum absolute atomic E-state index is 0.142. The van der Waals surface area contributed by atoms with Crippen LogP contribution >= 0.6 is 11.6 Å². The van der Waals surface area contributed by atoms with Gasteiger partial charge in [-0.25, -0.2) is 0 Å². The second-order valence-corrected chi connectivity index (χ2v) is 4.65. The Labute approximate surface area is 116 Å². The highest BCUT2D eigenvalue weighted by molar-refractivity contribution is 6.31. The number of hydrogen-bond acceptors (Lipinski definition) is 3. The van der Waals surface area contributed by atoms with E-state index in [1.54, 1.807) is 30.6 Å². The summed E-state index contributed by atoms with van der Waals surface area (Å²) in [5, 5.41) is 3.38. The molecule has 3 N–H and O–H groups in total. The van der Waals surface area contributed by atoms with Crippen LogP contribution in [0.5, 0.6) is 0 Å². The molecule has 0 saturated carbocycles. The number of halogens is 1. The maximum Gasteiger partial charge on any atom is 0.253 e. The van der Waals surface area contributed by atoms with Gasteiger partial charge in [0.15, 0.2) is 0 Å². The highest BCUT2D eigenvalue weighted by Crippen LogP contribution is 2.19. The molecule has 0 fully saturated rings. The van der Waals surface area contributed by atoms with Crippen LogP contribution in [0.2, 0.25) is 5.02 Å². The van der Waals surface area contributed by atoms with Crippen LogP contribution in [0.1, 0.15) is 28.9 Å². The number of rotatable bonds is 3. The predicted octanol–water partition coefficient (Wildman–Crippen LogP) is 2.81. The van der Waals surface area contributed by atoms with Crippen molar-refractivity contribution in [1.82, 2.24) is 10.3 Å². The topological polar surface area (TPSA) is 68.0 Å². The number of aromatic nitrogens is 1. The smallest absolute Gasteiger partial charge is 0.253 e. The number of nitrogens with one attached hydrogen (secondary N) is 1. The van der Waals surface area contributed by atoms with Gasteiger partial charge in [0.05, 0.1) is 11.6 Å². The number of nitrogen functional groups attached to an aromatic ring is 1. The van der Waals surface area contributed by atoms with Gasteiger partial charge < -0.3 is 11.1 Å². The number of benzene rings is 1. The highest BCUT2D eigenvalue weighted by Gasteiger charge is 2.13. The molecule has 1 amide bonds. The van der Waals surface area contributed by atoms with Crippen molar-refractivity contribution in [3.05, 3.63) is 58.9 Å². The molecule has 0 unspecified atom stereocenters. The Balaban J connectivity index is 2.13. The van der Waals surface area contributed by atoms with Crippen LogP contribution in [0.15, 0.2) is 42.7 Å². The quantitative estimate of drug-likeness (QED) is 0.847. The molecule has 0 spiro atoms. The fraction of sp³-hybridized carbons (Fsp3) is 0.143. The predicted molar refractivity (Wildman–Crippen MR) is 76.0 cm³/mol. The third kappa shape index (κ3) is 3.23. The van der Waals surface area contributed by atoms with E-state index >= 15 is 0 Å². The molecule has 4 nitrogen and oxygen atoms in total. The van der Waals surface area contributed by atoms with E-state index in [0.717, 1.165) is 5.56 Å². The fourth-order valence-corrected chi connectivity index (χ4v) is 1.91. The molecule has 0 bridgehead atoms. The van der Waals surface area contributed by atoms with Crippen molar-refractivity contribution in [2.45, 2.75) is 13.0 Å². The summed E-state index contributed by atoms with van der Waals surface area (Å²) in [5.41, 5.74) is 7.49. The largest absolute Gasteiger partial charge is 0.398 e. The van der Waals surface area contributed by atoms with Crippen LogP contribution in [0.25, 0.3) is 0 Å². The van der Waals surface area contributed by atoms with Crippen molar-refractivity contribution < 1.29 is 4.79 Å². The van der Waals surface area contributed by atoms with Crippen LogP contribution in [-0.4, -0.2) is 10.9 Å². The average molecular weight is 276 g/mol. The Bertz CT molecular complexity index is 586. The lowest BCUT2D eigenvalue weighted by Crippen LogP contribution is -2.27. The SMILES string of the molecule is C[C@H](NC(=O)c1ccc(Cl)cc1N)c1cccnc1. The minimum Gasteiger partial charge on any atom is -0.398 e. The second kappa shape index (κ2) is 5.71. The normalized spacial score (nSPS) is 11.9. The summed E-state index contributed by atoms with van der Waals surface area (Å²) in [6.45, 7) is 1.89. The van der Waals surface area contributed by atoms with Crippen LogP contribution in [0, 0.1) is 0 Å². The Morgan fingerprint density at radius 1 is 1.42 bits per heavy atom. The molecular formula is C14H14ClN3O. The molecule has 1 aromatic carbocycles. The number of hydrogen-bond donors (Lipinski definition) is 2. The standard InChI is InChI=1S/C14H14ClN3O/c1-9(10-3-2-6-17-8-10)18-14(19)12-5-4-11(15)7-13(12)16/h2-9H,16H2,1H3,(H,18,19)/t9-/m0/s1. The molecule has 0 saturated heterocycles. The first kappa shape index (κ1) is 13.4. The summed E-state index contributed by atoms with van der Waals surface area (Å²) in [4.78, 5) is 16.1. The van der Waals surface area contributed by atoms with Crippen molar-refractivity contribution >= 4 is 23.2 Å². The minimum atomic E-state index is -0.231. The van der Waals surface area contributed by atoms with Gasteiger partial charge in [0.25, 0.3) is 5.91 Å². The molecule has 0 aliphatic rings. The number of carbonyl (C=O) groups is 1. The van der Waals surface area contributed by atoms with E-state index in [9.17, 15) is 4.79 Å². The Morgan fingerprint density at radius 2 is 2.21 bits per heavy atom. The zero-order chi connectivity index (χ0) is 13.8. The van der Waals surface area contributed by atoms with E-state index in [1.165, 1.54) is 0 Å². The van der Waals surface area contributed by atoms with Gasteiger partial charge in [-0.1, -0.05) is 17.7 Å². The van der Waals surface area contributed by atoms with Gasteiger partial charge in [0.1, 0.15) is 0 Å². The lowest BCUT2D eigenvalue weighted by Gasteiger charge is -2.14. The molecule has 1 aromatic heterocycles. The number of carbonyl (C=O) groups excluding carboxylic acids is 1. The highest BCUT2D eigenvalue weighted by atomic mass is 35.5. The Morgan fingerprint density at radius 3 is 2.84 bits per heavy atom. The summed E-state index contributed by atoms with van der Waals surface area (Å²) >= 11 is 5.80. The van der Waals surface area contributed by atoms with Gasteiger partial charge in [-0.3, -0.25) is 9.78 Å². The van der Waals surface area contributed by atoms with Crippen molar-refractivity contribution in [2.75, 3.05) is 5.73 Å². The molecule has 1 atom stereocenters. The first-order valence-electron chi connectivity index (χ1n) is 5.83. The van der Waals surface area contributed by atoms with Crippen LogP contribution in [0.3, 0.4) is 0 Å². The van der Waals surface area contributed by atoms with Crippen molar-refractivity contribution in [3.8, 4) is 0 Å². The summed E-state index contributed by atoms with van der Waals surface area (Å²) < 4.78 is 0. The van der Waals surface area contributed by atoms with Gasteiger partial charge in [0, 0.05) is 23.1 Å². The maximum atomic E-state index is 12.1. The molecular weight excluding hydrogens is 262 g/mol. The molecule has 0 aliphatic heterocycles. The summed E-state index contributed by atoms with van der Waals surface area (Å²) in [5.74, 6) is -0.231. The molecule has 2 rings (SSSR count). The average Bonchev–Trinajstić information content (AvgIpc) is 2.39. The van der Waals surface area contributed by atoms with Gasteiger partial charge in [-0.2, -0.15) is 0 Å². The molecule has 5 heteroatoms. The zero-order valence-corrected chi connectivity index (χ0v) is 11.2. The Hall–Kier alpha value is -2.07. The van der Waals surface area contributed by atoms with Crippen molar-refractivity contribution in [3.63, 3.8) is 0 Å². The molecule has 2 aromatic rings. The number of nitrogens with zero attached hydrogens (tertiary/aromatic N) is 1. The van der Waals surface area contributed by atoms with Crippen molar-refractivity contribution in [2.24, 2.45) is 0 Å². The number of pyridine rings is 1. The third-order valence-electron chi connectivity index (χ3n) is 2.79. The van der Waals surface area contributed by atoms with E-state index in [0.29, 0.717) is 16.3 Å².